The van der Waals surface area contributed by atoms with E-state index in [9.17, 15) is 4.79 Å². The molecule has 3 aromatic heterocycles. The van der Waals surface area contributed by atoms with Crippen LogP contribution in [0.3, 0.4) is 0 Å². The molecule has 0 fully saturated rings. The van der Waals surface area contributed by atoms with E-state index in [-0.39, 0.29) is 5.91 Å². The predicted molar refractivity (Wildman–Crippen MR) is 109 cm³/mol. The summed E-state index contributed by atoms with van der Waals surface area (Å²) in [7, 11) is 0. The zero-order chi connectivity index (χ0) is 18.5. The zero-order valence-electron chi connectivity index (χ0n) is 15.0. The number of imidazole rings is 1. The molecule has 3 heterocycles. The van der Waals surface area contributed by atoms with Gasteiger partial charge in [0.25, 0.3) is 5.91 Å². The number of carbonyl (C=O) groups excluding carboxylic acids is 1. The van der Waals surface area contributed by atoms with Crippen LogP contribution < -0.4 is 5.32 Å². The van der Waals surface area contributed by atoms with Gasteiger partial charge < -0.3 is 14.5 Å². The lowest BCUT2D eigenvalue weighted by molar-refractivity contribution is 0.0944. The van der Waals surface area contributed by atoms with Crippen LogP contribution in [-0.4, -0.2) is 26.6 Å². The van der Waals surface area contributed by atoms with Crippen molar-refractivity contribution in [2.24, 2.45) is 0 Å². The summed E-state index contributed by atoms with van der Waals surface area (Å²) in [6, 6.07) is 14.5. The van der Waals surface area contributed by atoms with Gasteiger partial charge in [-0.25, -0.2) is 4.98 Å². The largest absolute Gasteiger partial charge is 0.351 e. The summed E-state index contributed by atoms with van der Waals surface area (Å²) in [4.78, 5) is 16.8. The number of benzene rings is 1. The zero-order valence-corrected chi connectivity index (χ0v) is 15.9. The summed E-state index contributed by atoms with van der Waals surface area (Å²) < 4.78 is 5.32. The normalized spacial score (nSPS) is 11.1. The number of aryl methyl sites for hydroxylation is 3. The molecular weight excluding hydrogens is 356 g/mol. The van der Waals surface area contributed by atoms with Gasteiger partial charge in [0.2, 0.25) is 0 Å². The van der Waals surface area contributed by atoms with Gasteiger partial charge in [0, 0.05) is 32.0 Å². The minimum Gasteiger partial charge on any atom is -0.351 e. The molecule has 0 aliphatic heterocycles. The molecule has 1 N–H and O–H groups in total. The molecule has 0 radical (unpaired) electrons. The molecular formula is C21H22N4OS. The van der Waals surface area contributed by atoms with Crippen molar-refractivity contribution in [3.8, 4) is 0 Å². The van der Waals surface area contributed by atoms with Crippen molar-refractivity contribution in [2.75, 3.05) is 6.54 Å². The second kappa shape index (κ2) is 8.22. The van der Waals surface area contributed by atoms with E-state index in [1.54, 1.807) is 23.9 Å². The molecule has 1 aromatic carbocycles. The Balaban J connectivity index is 1.42. The standard InChI is InChI=1S/C21H22N4OS/c26-21(23-9-4-11-24-13-10-22-16-24)19-15-20-18(8-14-27-20)25(19)12-7-17-5-2-1-3-6-17/h1-3,5-6,8,10,13-16H,4,7,9,11-12H2,(H,23,26). The van der Waals surface area contributed by atoms with Crippen molar-refractivity contribution >= 4 is 27.5 Å². The SMILES string of the molecule is O=C(NCCCn1ccnc1)c1cc2sccc2n1CCc1ccccc1. The van der Waals surface area contributed by atoms with E-state index < -0.39 is 0 Å². The highest BCUT2D eigenvalue weighted by molar-refractivity contribution is 7.17. The van der Waals surface area contributed by atoms with E-state index in [4.69, 9.17) is 0 Å². The van der Waals surface area contributed by atoms with Crippen LogP contribution in [0.5, 0.6) is 0 Å². The molecule has 4 aromatic rings. The Labute approximate surface area is 162 Å². The van der Waals surface area contributed by atoms with Crippen LogP contribution in [0.4, 0.5) is 0 Å². The van der Waals surface area contributed by atoms with Gasteiger partial charge in [-0.1, -0.05) is 30.3 Å². The molecule has 0 bridgehead atoms. The number of hydrogen-bond donors (Lipinski definition) is 1. The molecule has 1 amide bonds. The van der Waals surface area contributed by atoms with E-state index >= 15 is 0 Å². The number of nitrogens with one attached hydrogen (secondary N) is 1. The molecule has 27 heavy (non-hydrogen) atoms. The first-order valence-electron chi connectivity index (χ1n) is 9.16. The van der Waals surface area contributed by atoms with Crippen molar-refractivity contribution in [2.45, 2.75) is 25.9 Å². The number of hydrogen-bond acceptors (Lipinski definition) is 3. The first kappa shape index (κ1) is 17.5. The maximum absolute atomic E-state index is 12.8. The quantitative estimate of drug-likeness (QED) is 0.472. The molecule has 0 aliphatic carbocycles. The number of fused-ring (bicyclic) bond motifs is 1. The number of rotatable bonds is 8. The van der Waals surface area contributed by atoms with Crippen LogP contribution >= 0.6 is 11.3 Å². The van der Waals surface area contributed by atoms with E-state index in [1.807, 2.05) is 22.9 Å². The van der Waals surface area contributed by atoms with E-state index in [2.05, 4.69) is 50.6 Å². The van der Waals surface area contributed by atoms with Crippen molar-refractivity contribution in [3.05, 3.63) is 77.8 Å². The Morgan fingerprint density at radius 2 is 2.04 bits per heavy atom. The highest BCUT2D eigenvalue weighted by atomic mass is 32.1. The second-order valence-electron chi connectivity index (χ2n) is 6.50. The van der Waals surface area contributed by atoms with E-state index in [0.29, 0.717) is 6.54 Å². The van der Waals surface area contributed by atoms with Gasteiger partial charge in [-0.15, -0.1) is 11.3 Å². The fraction of sp³-hybridized carbons (Fsp3) is 0.238. The van der Waals surface area contributed by atoms with Crippen LogP contribution in [-0.2, 0) is 19.5 Å². The third-order valence-electron chi connectivity index (χ3n) is 4.66. The lowest BCUT2D eigenvalue weighted by Gasteiger charge is -2.11. The topological polar surface area (TPSA) is 51.9 Å². The van der Waals surface area contributed by atoms with Crippen LogP contribution in [0.2, 0.25) is 0 Å². The summed E-state index contributed by atoms with van der Waals surface area (Å²) in [5.74, 6) is -0.00269. The fourth-order valence-electron chi connectivity index (χ4n) is 3.26. The first-order chi connectivity index (χ1) is 13.3. The summed E-state index contributed by atoms with van der Waals surface area (Å²) in [6.45, 7) is 2.29. The first-order valence-corrected chi connectivity index (χ1v) is 10.0. The summed E-state index contributed by atoms with van der Waals surface area (Å²) >= 11 is 1.68. The Morgan fingerprint density at radius 1 is 1.15 bits per heavy atom. The van der Waals surface area contributed by atoms with Crippen molar-refractivity contribution in [3.63, 3.8) is 0 Å². The summed E-state index contributed by atoms with van der Waals surface area (Å²) in [5, 5.41) is 5.14. The van der Waals surface area contributed by atoms with Gasteiger partial charge in [0.1, 0.15) is 5.69 Å². The van der Waals surface area contributed by atoms with Crippen molar-refractivity contribution < 1.29 is 4.79 Å². The molecule has 0 atom stereocenters. The highest BCUT2D eigenvalue weighted by Crippen LogP contribution is 2.25. The van der Waals surface area contributed by atoms with Gasteiger partial charge >= 0.3 is 0 Å². The Hall–Kier alpha value is -2.86. The summed E-state index contributed by atoms with van der Waals surface area (Å²) in [5.41, 5.74) is 3.16. The van der Waals surface area contributed by atoms with E-state index in [1.165, 1.54) is 5.56 Å². The molecule has 0 unspecified atom stereocenters. The smallest absolute Gasteiger partial charge is 0.267 e. The Morgan fingerprint density at radius 3 is 2.85 bits per heavy atom. The molecule has 5 nitrogen and oxygen atoms in total. The third kappa shape index (κ3) is 4.11. The molecule has 0 saturated carbocycles. The fourth-order valence-corrected chi connectivity index (χ4v) is 4.09. The van der Waals surface area contributed by atoms with Crippen LogP contribution in [0.15, 0.2) is 66.6 Å². The monoisotopic (exact) mass is 378 g/mol. The highest BCUT2D eigenvalue weighted by Gasteiger charge is 2.16. The molecule has 138 valence electrons. The number of thiophene rings is 1. The average Bonchev–Trinajstić information content (AvgIpc) is 3.42. The van der Waals surface area contributed by atoms with Crippen LogP contribution in [0, 0.1) is 0 Å². The second-order valence-corrected chi connectivity index (χ2v) is 7.44. The molecule has 0 aliphatic rings. The third-order valence-corrected chi connectivity index (χ3v) is 5.51. The summed E-state index contributed by atoms with van der Waals surface area (Å²) in [6.07, 6.45) is 7.28. The van der Waals surface area contributed by atoms with Gasteiger partial charge in [-0.2, -0.15) is 0 Å². The van der Waals surface area contributed by atoms with Gasteiger partial charge in [-0.3, -0.25) is 4.79 Å². The van der Waals surface area contributed by atoms with Gasteiger partial charge in [0.15, 0.2) is 0 Å². The average molecular weight is 379 g/mol. The lowest BCUT2D eigenvalue weighted by atomic mass is 10.1. The number of carbonyl (C=O) groups is 1. The minimum atomic E-state index is -0.00269. The number of amides is 1. The number of aromatic nitrogens is 3. The molecule has 0 saturated heterocycles. The lowest BCUT2D eigenvalue weighted by Crippen LogP contribution is -2.27. The number of nitrogens with zero attached hydrogens (tertiary/aromatic N) is 3. The maximum atomic E-state index is 12.8. The minimum absolute atomic E-state index is 0.00269. The maximum Gasteiger partial charge on any atom is 0.267 e. The van der Waals surface area contributed by atoms with Crippen LogP contribution in [0.1, 0.15) is 22.5 Å². The van der Waals surface area contributed by atoms with Crippen molar-refractivity contribution in [1.29, 1.82) is 0 Å². The molecule has 6 heteroatoms. The van der Waals surface area contributed by atoms with Gasteiger partial charge in [0.05, 0.1) is 16.5 Å². The van der Waals surface area contributed by atoms with Crippen LogP contribution in [0.25, 0.3) is 10.2 Å². The predicted octanol–water partition coefficient (Wildman–Crippen LogP) is 3.96. The Kier molecular flexibility index (Phi) is 5.34. The molecule has 0 spiro atoms. The van der Waals surface area contributed by atoms with E-state index in [0.717, 1.165) is 41.8 Å². The molecule has 4 rings (SSSR count). The van der Waals surface area contributed by atoms with Gasteiger partial charge in [-0.05, 0) is 35.9 Å². The Bertz CT molecular complexity index is 1000. The van der Waals surface area contributed by atoms with Crippen molar-refractivity contribution in [1.82, 2.24) is 19.4 Å².